The number of nitrogens with one attached hydrogen (secondary N) is 2. The van der Waals surface area contributed by atoms with Crippen LogP contribution in [0.3, 0.4) is 0 Å². The van der Waals surface area contributed by atoms with Crippen molar-refractivity contribution in [1.82, 2.24) is 15.6 Å². The van der Waals surface area contributed by atoms with Crippen LogP contribution in [0.2, 0.25) is 0 Å². The Morgan fingerprint density at radius 3 is 2.74 bits per heavy atom. The molecular weight excluding hydrogens is 340 g/mol. The van der Waals surface area contributed by atoms with Crippen LogP contribution in [-0.2, 0) is 16.1 Å². The summed E-state index contributed by atoms with van der Waals surface area (Å²) in [7, 11) is 0. The monoisotopic (exact) mass is 372 g/mol. The highest BCUT2D eigenvalue weighted by molar-refractivity contribution is 5.82. The zero-order chi connectivity index (χ0) is 18.8. The fraction of sp³-hybridized carbons (Fsp3) is 0.714. The van der Waals surface area contributed by atoms with E-state index in [0.717, 1.165) is 30.9 Å². The van der Waals surface area contributed by atoms with Crippen LogP contribution in [-0.4, -0.2) is 48.3 Å². The molecule has 6 nitrogen and oxygen atoms in total. The number of aromatic nitrogens is 1. The standard InChI is InChI=1S/C21H32N4O2/c1-14-12-25(13-15(2)27-14)20-8-7-16(10-22-20)11-23-21(26)19-9-17-5-3-4-6-18(17)24-19/h7-8,10,14-15,17-19,24H,3-6,9,11-13H2,1-2H3,(H,23,26). The number of nitrogens with zero attached hydrogens (tertiary/aromatic N) is 2. The van der Waals surface area contributed by atoms with Gasteiger partial charge in [-0.3, -0.25) is 4.79 Å². The number of hydrogen-bond acceptors (Lipinski definition) is 5. The number of ether oxygens (including phenoxy) is 1. The Bertz CT molecular complexity index is 626. The van der Waals surface area contributed by atoms with E-state index in [9.17, 15) is 4.79 Å². The van der Waals surface area contributed by atoms with Crippen LogP contribution < -0.4 is 15.5 Å². The molecule has 3 heterocycles. The Balaban J connectivity index is 1.28. The maximum atomic E-state index is 12.5. The molecule has 4 rings (SSSR count). The summed E-state index contributed by atoms with van der Waals surface area (Å²) in [6.07, 6.45) is 8.40. The molecule has 5 unspecified atom stereocenters. The average Bonchev–Trinajstić information content (AvgIpc) is 3.10. The molecule has 1 aromatic rings. The van der Waals surface area contributed by atoms with E-state index in [1.165, 1.54) is 25.7 Å². The lowest BCUT2D eigenvalue weighted by Gasteiger charge is -2.36. The minimum atomic E-state index is -0.0262. The fourth-order valence-electron chi connectivity index (χ4n) is 4.91. The number of pyridine rings is 1. The Hall–Kier alpha value is -1.66. The van der Waals surface area contributed by atoms with E-state index in [1.54, 1.807) is 0 Å². The third-order valence-corrected chi connectivity index (χ3v) is 6.20. The van der Waals surface area contributed by atoms with Gasteiger partial charge in [-0.2, -0.15) is 0 Å². The predicted molar refractivity (Wildman–Crippen MR) is 106 cm³/mol. The zero-order valence-electron chi connectivity index (χ0n) is 16.5. The number of amides is 1. The second kappa shape index (κ2) is 8.15. The topological polar surface area (TPSA) is 66.5 Å². The summed E-state index contributed by atoms with van der Waals surface area (Å²) in [6, 6.07) is 4.64. The van der Waals surface area contributed by atoms with Crippen molar-refractivity contribution in [2.24, 2.45) is 5.92 Å². The van der Waals surface area contributed by atoms with E-state index in [0.29, 0.717) is 18.5 Å². The molecule has 2 aliphatic heterocycles. The summed E-state index contributed by atoms with van der Waals surface area (Å²) in [5, 5.41) is 6.63. The largest absolute Gasteiger partial charge is 0.372 e. The number of carbonyl (C=O) groups excluding carboxylic acids is 1. The Morgan fingerprint density at radius 1 is 1.26 bits per heavy atom. The summed E-state index contributed by atoms with van der Waals surface area (Å²) < 4.78 is 5.79. The summed E-state index contributed by atoms with van der Waals surface area (Å²) in [4.78, 5) is 19.4. The molecule has 148 valence electrons. The third kappa shape index (κ3) is 4.43. The molecule has 1 aromatic heterocycles. The van der Waals surface area contributed by atoms with Gasteiger partial charge in [0.1, 0.15) is 5.82 Å². The van der Waals surface area contributed by atoms with E-state index < -0.39 is 0 Å². The van der Waals surface area contributed by atoms with Gasteiger partial charge < -0.3 is 20.3 Å². The summed E-state index contributed by atoms with van der Waals surface area (Å²) in [6.45, 7) is 6.46. The molecule has 0 aromatic carbocycles. The van der Waals surface area contributed by atoms with Gasteiger partial charge in [0, 0.05) is 31.9 Å². The maximum absolute atomic E-state index is 12.5. The summed E-state index contributed by atoms with van der Waals surface area (Å²) in [5.74, 6) is 1.80. The van der Waals surface area contributed by atoms with Gasteiger partial charge in [0.05, 0.1) is 18.2 Å². The van der Waals surface area contributed by atoms with Gasteiger partial charge in [-0.1, -0.05) is 18.9 Å². The van der Waals surface area contributed by atoms with E-state index in [2.05, 4.69) is 46.5 Å². The molecule has 27 heavy (non-hydrogen) atoms. The Morgan fingerprint density at radius 2 is 2.04 bits per heavy atom. The minimum absolute atomic E-state index is 0.0262. The van der Waals surface area contributed by atoms with Crippen LogP contribution in [0.5, 0.6) is 0 Å². The van der Waals surface area contributed by atoms with E-state index >= 15 is 0 Å². The molecular formula is C21H32N4O2. The summed E-state index contributed by atoms with van der Waals surface area (Å²) >= 11 is 0. The smallest absolute Gasteiger partial charge is 0.237 e. The van der Waals surface area contributed by atoms with Crippen molar-refractivity contribution in [1.29, 1.82) is 0 Å². The number of anilines is 1. The Kier molecular flexibility index (Phi) is 5.64. The maximum Gasteiger partial charge on any atom is 0.237 e. The van der Waals surface area contributed by atoms with E-state index in [1.807, 2.05) is 6.20 Å². The second-order valence-corrected chi connectivity index (χ2v) is 8.51. The lowest BCUT2D eigenvalue weighted by molar-refractivity contribution is -0.123. The van der Waals surface area contributed by atoms with Gasteiger partial charge in [0.2, 0.25) is 5.91 Å². The van der Waals surface area contributed by atoms with Gasteiger partial charge in [-0.15, -0.1) is 0 Å². The number of hydrogen-bond donors (Lipinski definition) is 2. The van der Waals surface area contributed by atoms with Crippen LogP contribution in [0.4, 0.5) is 5.82 Å². The van der Waals surface area contributed by atoms with Gasteiger partial charge >= 0.3 is 0 Å². The predicted octanol–water partition coefficient (Wildman–Crippen LogP) is 2.23. The highest BCUT2D eigenvalue weighted by atomic mass is 16.5. The lowest BCUT2D eigenvalue weighted by atomic mass is 9.85. The van der Waals surface area contributed by atoms with Crippen LogP contribution in [0, 0.1) is 5.92 Å². The molecule has 3 fully saturated rings. The van der Waals surface area contributed by atoms with Crippen LogP contribution in [0.25, 0.3) is 0 Å². The first-order valence-electron chi connectivity index (χ1n) is 10.5. The van der Waals surface area contributed by atoms with Crippen molar-refractivity contribution in [3.05, 3.63) is 23.9 Å². The van der Waals surface area contributed by atoms with Gasteiger partial charge in [-0.05, 0) is 50.7 Å². The molecule has 0 bridgehead atoms. The fourth-order valence-corrected chi connectivity index (χ4v) is 4.91. The molecule has 0 radical (unpaired) electrons. The van der Waals surface area contributed by atoms with E-state index in [4.69, 9.17) is 4.74 Å². The van der Waals surface area contributed by atoms with Crippen molar-refractivity contribution in [3.8, 4) is 0 Å². The summed E-state index contributed by atoms with van der Waals surface area (Å²) in [5.41, 5.74) is 1.04. The second-order valence-electron chi connectivity index (χ2n) is 8.51. The van der Waals surface area contributed by atoms with Gasteiger partial charge in [0.15, 0.2) is 0 Å². The highest BCUT2D eigenvalue weighted by Gasteiger charge is 2.38. The first kappa shape index (κ1) is 18.7. The molecule has 1 saturated carbocycles. The van der Waals surface area contributed by atoms with Crippen molar-refractivity contribution < 1.29 is 9.53 Å². The first-order chi connectivity index (χ1) is 13.1. The van der Waals surface area contributed by atoms with Crippen molar-refractivity contribution >= 4 is 11.7 Å². The van der Waals surface area contributed by atoms with Gasteiger partial charge in [0.25, 0.3) is 0 Å². The molecule has 1 aliphatic carbocycles. The molecule has 5 atom stereocenters. The molecule has 1 amide bonds. The van der Waals surface area contributed by atoms with E-state index in [-0.39, 0.29) is 24.2 Å². The molecule has 6 heteroatoms. The van der Waals surface area contributed by atoms with Crippen LogP contribution in [0.15, 0.2) is 18.3 Å². The molecule has 3 aliphatic rings. The highest BCUT2D eigenvalue weighted by Crippen LogP contribution is 2.33. The number of carbonyl (C=O) groups is 1. The SMILES string of the molecule is CC1CN(c2ccc(CNC(=O)C3CC4CCCCC4N3)cn2)CC(C)O1. The number of rotatable bonds is 4. The average molecular weight is 373 g/mol. The number of fused-ring (bicyclic) bond motifs is 1. The third-order valence-electron chi connectivity index (χ3n) is 6.20. The van der Waals surface area contributed by atoms with Crippen molar-refractivity contribution in [2.45, 2.75) is 76.8 Å². The normalized spacial score (nSPS) is 33.6. The zero-order valence-corrected chi connectivity index (χ0v) is 16.5. The molecule has 2 N–H and O–H groups in total. The lowest BCUT2D eigenvalue weighted by Crippen LogP contribution is -2.45. The van der Waals surface area contributed by atoms with Crippen molar-refractivity contribution in [3.63, 3.8) is 0 Å². The van der Waals surface area contributed by atoms with Gasteiger partial charge in [-0.25, -0.2) is 4.98 Å². The molecule has 0 spiro atoms. The number of morpholine rings is 1. The quantitative estimate of drug-likeness (QED) is 0.848. The molecule has 2 saturated heterocycles. The van der Waals surface area contributed by atoms with Crippen LogP contribution in [0.1, 0.15) is 51.5 Å². The first-order valence-corrected chi connectivity index (χ1v) is 10.5. The minimum Gasteiger partial charge on any atom is -0.372 e. The van der Waals surface area contributed by atoms with Crippen LogP contribution >= 0.6 is 0 Å². The Labute approximate surface area is 162 Å². The van der Waals surface area contributed by atoms with Crippen molar-refractivity contribution in [2.75, 3.05) is 18.0 Å².